The van der Waals surface area contributed by atoms with Crippen LogP contribution in [0.2, 0.25) is 0 Å². The lowest BCUT2D eigenvalue weighted by molar-refractivity contribution is 0.169. The van der Waals surface area contributed by atoms with Crippen LogP contribution in [0.1, 0.15) is 51.0 Å². The molecule has 1 aromatic rings. The number of allylic oxidation sites excluding steroid dienone is 1. The number of para-hydroxylation sites is 1. The van der Waals surface area contributed by atoms with Crippen LogP contribution in [-0.2, 0) is 6.42 Å². The van der Waals surface area contributed by atoms with E-state index in [9.17, 15) is 0 Å². The number of benzene rings is 1. The van der Waals surface area contributed by atoms with Crippen molar-refractivity contribution in [3.05, 3.63) is 42.5 Å². The topological polar surface area (TPSA) is 21.3 Å². The molecule has 1 heterocycles. The Balaban J connectivity index is 1.83. The highest BCUT2D eigenvalue weighted by molar-refractivity contribution is 5.37. The van der Waals surface area contributed by atoms with Gasteiger partial charge in [-0.1, -0.05) is 44.0 Å². The molecule has 0 saturated heterocycles. The van der Waals surface area contributed by atoms with Gasteiger partial charge in [-0.15, -0.1) is 6.58 Å². The Hall–Kier alpha value is -1.28. The number of hydrogen-bond acceptors (Lipinski definition) is 2. The Morgan fingerprint density at radius 3 is 2.95 bits per heavy atom. The van der Waals surface area contributed by atoms with Crippen molar-refractivity contribution in [3.63, 3.8) is 0 Å². The molecule has 0 bridgehead atoms. The number of nitrogens with one attached hydrogen (secondary N) is 1. The fraction of sp³-hybridized carbons (Fsp3) is 0.579. The van der Waals surface area contributed by atoms with E-state index in [1.165, 1.54) is 37.7 Å². The molecule has 2 rings (SSSR count). The minimum Gasteiger partial charge on any atom is -0.488 e. The van der Waals surface area contributed by atoms with E-state index in [1.54, 1.807) is 0 Å². The summed E-state index contributed by atoms with van der Waals surface area (Å²) in [5.74, 6) is 1.08. The summed E-state index contributed by atoms with van der Waals surface area (Å²) in [6.45, 7) is 7.09. The largest absolute Gasteiger partial charge is 0.488 e. The predicted octanol–water partition coefficient (Wildman–Crippen LogP) is 4.49. The summed E-state index contributed by atoms with van der Waals surface area (Å²) in [7, 11) is 0. The second-order valence-electron chi connectivity index (χ2n) is 5.96. The number of unbranched alkanes of at least 4 members (excludes halogenated alkanes) is 3. The maximum atomic E-state index is 6.17. The predicted molar refractivity (Wildman–Crippen MR) is 89.9 cm³/mol. The van der Waals surface area contributed by atoms with Gasteiger partial charge in [-0.3, -0.25) is 0 Å². The van der Waals surface area contributed by atoms with Crippen LogP contribution in [0.15, 0.2) is 36.9 Å². The van der Waals surface area contributed by atoms with Crippen LogP contribution >= 0.6 is 0 Å². The van der Waals surface area contributed by atoms with Crippen molar-refractivity contribution in [2.24, 2.45) is 0 Å². The molecule has 0 amide bonds. The van der Waals surface area contributed by atoms with Gasteiger partial charge in [0.25, 0.3) is 0 Å². The maximum Gasteiger partial charge on any atom is 0.123 e. The van der Waals surface area contributed by atoms with Crippen molar-refractivity contribution in [1.82, 2.24) is 5.32 Å². The number of rotatable bonds is 10. The average Bonchev–Trinajstić information content (AvgIpc) is 2.93. The third kappa shape index (κ3) is 4.89. The third-order valence-corrected chi connectivity index (χ3v) is 4.20. The van der Waals surface area contributed by atoms with Gasteiger partial charge in [0, 0.05) is 12.5 Å². The van der Waals surface area contributed by atoms with E-state index in [-0.39, 0.29) is 0 Å². The standard InChI is InChI=1S/C19H29NO/c1-3-5-6-7-8-12-17(20-14-4-2)19-15-16-11-9-10-13-18(16)21-19/h3,9-11,13,17,19-20H,1,4-8,12,14-15H2,2H3. The van der Waals surface area contributed by atoms with Gasteiger partial charge in [-0.05, 0) is 43.9 Å². The lowest BCUT2D eigenvalue weighted by atomic mass is 9.98. The van der Waals surface area contributed by atoms with Crippen LogP contribution in [0.4, 0.5) is 0 Å². The minimum atomic E-state index is 0.299. The van der Waals surface area contributed by atoms with Gasteiger partial charge in [0.1, 0.15) is 11.9 Å². The normalized spacial score (nSPS) is 18.0. The summed E-state index contributed by atoms with van der Waals surface area (Å²) in [5, 5.41) is 3.69. The number of hydrogen-bond donors (Lipinski definition) is 1. The summed E-state index contributed by atoms with van der Waals surface area (Å²) in [6.07, 6.45) is 10.7. The van der Waals surface area contributed by atoms with E-state index in [2.05, 4.69) is 43.1 Å². The quantitative estimate of drug-likeness (QED) is 0.505. The third-order valence-electron chi connectivity index (χ3n) is 4.20. The van der Waals surface area contributed by atoms with E-state index in [0.717, 1.165) is 25.1 Å². The van der Waals surface area contributed by atoms with Crippen molar-refractivity contribution < 1.29 is 4.74 Å². The van der Waals surface area contributed by atoms with Crippen LogP contribution < -0.4 is 10.1 Å². The first-order valence-corrected chi connectivity index (χ1v) is 8.44. The molecule has 0 aliphatic carbocycles. The van der Waals surface area contributed by atoms with Gasteiger partial charge >= 0.3 is 0 Å². The molecule has 0 spiro atoms. The van der Waals surface area contributed by atoms with Crippen molar-refractivity contribution in [1.29, 1.82) is 0 Å². The summed E-state index contributed by atoms with van der Waals surface area (Å²) in [6, 6.07) is 8.92. The van der Waals surface area contributed by atoms with Crippen molar-refractivity contribution in [2.45, 2.75) is 64.0 Å². The molecular weight excluding hydrogens is 258 g/mol. The van der Waals surface area contributed by atoms with Crippen LogP contribution in [0, 0.1) is 0 Å². The van der Waals surface area contributed by atoms with E-state index in [0.29, 0.717) is 12.1 Å². The summed E-state index contributed by atoms with van der Waals surface area (Å²) >= 11 is 0. The number of fused-ring (bicyclic) bond motifs is 1. The Morgan fingerprint density at radius 2 is 2.19 bits per heavy atom. The molecule has 1 aliphatic rings. The van der Waals surface area contributed by atoms with Gasteiger partial charge in [0.15, 0.2) is 0 Å². The highest BCUT2D eigenvalue weighted by Crippen LogP contribution is 2.30. The molecule has 116 valence electrons. The smallest absolute Gasteiger partial charge is 0.123 e. The second-order valence-corrected chi connectivity index (χ2v) is 5.96. The lowest BCUT2D eigenvalue weighted by Gasteiger charge is -2.24. The summed E-state index contributed by atoms with van der Waals surface area (Å²) in [4.78, 5) is 0. The zero-order valence-electron chi connectivity index (χ0n) is 13.3. The van der Waals surface area contributed by atoms with Crippen LogP contribution in [0.3, 0.4) is 0 Å². The molecule has 1 N–H and O–H groups in total. The first kappa shape index (κ1) is 16.1. The summed E-state index contributed by atoms with van der Waals surface area (Å²) < 4.78 is 6.17. The zero-order valence-corrected chi connectivity index (χ0v) is 13.3. The lowest BCUT2D eigenvalue weighted by Crippen LogP contribution is -2.42. The van der Waals surface area contributed by atoms with E-state index < -0.39 is 0 Å². The van der Waals surface area contributed by atoms with E-state index >= 15 is 0 Å². The van der Waals surface area contributed by atoms with Crippen LogP contribution in [-0.4, -0.2) is 18.7 Å². The number of ether oxygens (including phenoxy) is 1. The van der Waals surface area contributed by atoms with Crippen molar-refractivity contribution >= 4 is 0 Å². The Labute approximate surface area is 129 Å². The van der Waals surface area contributed by atoms with Crippen LogP contribution in [0.5, 0.6) is 5.75 Å². The first-order valence-electron chi connectivity index (χ1n) is 8.44. The second kappa shape index (κ2) is 8.89. The van der Waals surface area contributed by atoms with Crippen LogP contribution in [0.25, 0.3) is 0 Å². The molecule has 2 heteroatoms. The molecule has 2 atom stereocenters. The van der Waals surface area contributed by atoms with E-state index in [4.69, 9.17) is 4.74 Å². The monoisotopic (exact) mass is 287 g/mol. The van der Waals surface area contributed by atoms with Crippen molar-refractivity contribution in [2.75, 3.05) is 6.54 Å². The molecule has 2 nitrogen and oxygen atoms in total. The van der Waals surface area contributed by atoms with Gasteiger partial charge in [-0.2, -0.15) is 0 Å². The zero-order chi connectivity index (χ0) is 14.9. The summed E-state index contributed by atoms with van der Waals surface area (Å²) in [5.41, 5.74) is 1.36. The highest BCUT2D eigenvalue weighted by Gasteiger charge is 2.29. The Bertz CT molecular complexity index is 404. The molecule has 1 aliphatic heterocycles. The fourth-order valence-electron chi connectivity index (χ4n) is 3.01. The Kier molecular flexibility index (Phi) is 6.81. The minimum absolute atomic E-state index is 0.299. The molecule has 0 fully saturated rings. The molecule has 0 radical (unpaired) electrons. The van der Waals surface area contributed by atoms with Crippen molar-refractivity contribution in [3.8, 4) is 5.75 Å². The molecule has 0 aromatic heterocycles. The van der Waals surface area contributed by atoms with Gasteiger partial charge in [-0.25, -0.2) is 0 Å². The average molecular weight is 287 g/mol. The maximum absolute atomic E-state index is 6.17. The highest BCUT2D eigenvalue weighted by atomic mass is 16.5. The van der Waals surface area contributed by atoms with Gasteiger partial charge in [0.2, 0.25) is 0 Å². The van der Waals surface area contributed by atoms with E-state index in [1.807, 2.05) is 6.08 Å². The molecular formula is C19H29NO. The van der Waals surface area contributed by atoms with Gasteiger partial charge in [0.05, 0.1) is 0 Å². The fourth-order valence-corrected chi connectivity index (χ4v) is 3.01. The Morgan fingerprint density at radius 1 is 1.33 bits per heavy atom. The first-order chi connectivity index (χ1) is 10.3. The molecule has 0 saturated carbocycles. The van der Waals surface area contributed by atoms with Gasteiger partial charge < -0.3 is 10.1 Å². The molecule has 21 heavy (non-hydrogen) atoms. The molecule has 1 aromatic carbocycles. The SMILES string of the molecule is C=CCCCCCC(NCCC)C1Cc2ccccc2O1. The molecule has 2 unspecified atom stereocenters.